The van der Waals surface area contributed by atoms with Gasteiger partial charge in [-0.25, -0.2) is 0 Å². The minimum Gasteiger partial charge on any atom is -0.0625 e. The molecule has 0 fully saturated rings. The quantitative estimate of drug-likeness (QED) is 0.422. The second kappa shape index (κ2) is 11.1. The fraction of sp³-hybridized carbons (Fsp3) is 0.857. The van der Waals surface area contributed by atoms with Crippen molar-refractivity contribution in [2.75, 3.05) is 0 Å². The molecule has 0 aromatic heterocycles. The molecular weight excluding hydrogens is 168 g/mol. The van der Waals surface area contributed by atoms with Crippen LogP contribution in [0.15, 0.2) is 0 Å². The first-order chi connectivity index (χ1) is 6.81. The fourth-order valence-corrected chi connectivity index (χ4v) is 1.84. The van der Waals surface area contributed by atoms with Crippen molar-refractivity contribution < 1.29 is 0 Å². The van der Waals surface area contributed by atoms with Gasteiger partial charge >= 0.3 is 0 Å². The summed E-state index contributed by atoms with van der Waals surface area (Å²) in [6.07, 6.45) is 13.3. The van der Waals surface area contributed by atoms with Gasteiger partial charge in [-0.05, 0) is 5.92 Å². The third-order valence-electron chi connectivity index (χ3n) is 2.89. The van der Waals surface area contributed by atoms with Crippen LogP contribution in [0, 0.1) is 19.8 Å². The predicted molar refractivity (Wildman–Crippen MR) is 66.0 cm³/mol. The van der Waals surface area contributed by atoms with Gasteiger partial charge in [-0.3, -0.25) is 0 Å². The Hall–Kier alpha value is 0. The normalized spacial score (nSPS) is 13.1. The third kappa shape index (κ3) is 10.1. The Balaban J connectivity index is 3.02. The highest BCUT2D eigenvalue weighted by molar-refractivity contribution is 4.55. The maximum atomic E-state index is 3.88. The van der Waals surface area contributed by atoms with E-state index in [9.17, 15) is 0 Å². The summed E-state index contributed by atoms with van der Waals surface area (Å²) < 4.78 is 0. The predicted octanol–water partition coefficient (Wildman–Crippen LogP) is 5.19. The molecule has 84 valence electrons. The van der Waals surface area contributed by atoms with Crippen molar-refractivity contribution in [3.63, 3.8) is 0 Å². The lowest BCUT2D eigenvalue weighted by molar-refractivity contribution is 0.445. The molecule has 0 heteroatoms. The van der Waals surface area contributed by atoms with Gasteiger partial charge in [0.2, 0.25) is 0 Å². The molecule has 0 aromatic rings. The lowest BCUT2D eigenvalue weighted by Gasteiger charge is -2.09. The number of hydrogen-bond acceptors (Lipinski definition) is 0. The summed E-state index contributed by atoms with van der Waals surface area (Å²) in [4.78, 5) is 0. The summed E-state index contributed by atoms with van der Waals surface area (Å²) in [5, 5.41) is 0. The van der Waals surface area contributed by atoms with E-state index in [0.717, 1.165) is 18.8 Å². The molecule has 0 bridgehead atoms. The molecule has 0 amide bonds. The Bertz CT molecular complexity index is 96.2. The van der Waals surface area contributed by atoms with E-state index >= 15 is 0 Å². The van der Waals surface area contributed by atoms with E-state index in [1.54, 1.807) is 0 Å². The van der Waals surface area contributed by atoms with Crippen molar-refractivity contribution in [2.45, 2.75) is 71.1 Å². The number of rotatable bonds is 10. The van der Waals surface area contributed by atoms with Crippen LogP contribution in [0.3, 0.4) is 0 Å². The van der Waals surface area contributed by atoms with Gasteiger partial charge in [0.1, 0.15) is 0 Å². The molecule has 0 heterocycles. The molecule has 1 unspecified atom stereocenters. The highest BCUT2D eigenvalue weighted by Crippen LogP contribution is 2.16. The first kappa shape index (κ1) is 14.0. The van der Waals surface area contributed by atoms with E-state index in [2.05, 4.69) is 20.8 Å². The summed E-state index contributed by atoms with van der Waals surface area (Å²) in [5.41, 5.74) is 0. The SMILES string of the molecule is [CH2]CCCCCCCC(C)CCC[CH2]. The Morgan fingerprint density at radius 2 is 1.21 bits per heavy atom. The molecule has 0 aliphatic heterocycles. The van der Waals surface area contributed by atoms with Crippen molar-refractivity contribution in [3.8, 4) is 0 Å². The van der Waals surface area contributed by atoms with Gasteiger partial charge in [0.05, 0.1) is 0 Å². The molecule has 14 heavy (non-hydrogen) atoms. The summed E-state index contributed by atoms with van der Waals surface area (Å²) in [6.45, 7) is 10.1. The van der Waals surface area contributed by atoms with E-state index in [1.807, 2.05) is 0 Å². The highest BCUT2D eigenvalue weighted by atomic mass is 14.1. The largest absolute Gasteiger partial charge is 0.0625 e. The molecule has 0 rings (SSSR count). The summed E-state index contributed by atoms with van der Waals surface area (Å²) >= 11 is 0. The van der Waals surface area contributed by atoms with Gasteiger partial charge in [0.15, 0.2) is 0 Å². The Morgan fingerprint density at radius 3 is 1.86 bits per heavy atom. The zero-order chi connectivity index (χ0) is 10.6. The van der Waals surface area contributed by atoms with Crippen LogP contribution in [-0.2, 0) is 0 Å². The topological polar surface area (TPSA) is 0 Å². The molecule has 0 saturated carbocycles. The van der Waals surface area contributed by atoms with Crippen molar-refractivity contribution in [1.29, 1.82) is 0 Å². The summed E-state index contributed by atoms with van der Waals surface area (Å²) in [5.74, 6) is 0.921. The maximum absolute atomic E-state index is 3.88. The highest BCUT2D eigenvalue weighted by Gasteiger charge is 2.00. The van der Waals surface area contributed by atoms with Crippen molar-refractivity contribution in [1.82, 2.24) is 0 Å². The lowest BCUT2D eigenvalue weighted by Crippen LogP contribution is -1.94. The van der Waals surface area contributed by atoms with Crippen LogP contribution in [-0.4, -0.2) is 0 Å². The van der Waals surface area contributed by atoms with Gasteiger partial charge in [-0.2, -0.15) is 0 Å². The minimum atomic E-state index is 0.921. The number of unbranched alkanes of at least 4 members (excludes halogenated alkanes) is 6. The average molecular weight is 196 g/mol. The van der Waals surface area contributed by atoms with Crippen molar-refractivity contribution in [3.05, 3.63) is 13.8 Å². The molecule has 0 aromatic carbocycles. The monoisotopic (exact) mass is 196 g/mol. The van der Waals surface area contributed by atoms with Gasteiger partial charge < -0.3 is 0 Å². The Morgan fingerprint density at radius 1 is 0.714 bits per heavy atom. The van der Waals surface area contributed by atoms with E-state index in [1.165, 1.54) is 51.4 Å². The first-order valence-corrected chi connectivity index (χ1v) is 6.39. The van der Waals surface area contributed by atoms with Crippen LogP contribution in [0.1, 0.15) is 71.1 Å². The Kier molecular flexibility index (Phi) is 11.1. The molecular formula is C14H28. The summed E-state index contributed by atoms with van der Waals surface area (Å²) in [6, 6.07) is 0. The van der Waals surface area contributed by atoms with Gasteiger partial charge in [-0.1, -0.05) is 85.0 Å². The van der Waals surface area contributed by atoms with Crippen LogP contribution in [0.2, 0.25) is 0 Å². The standard InChI is InChI=1S/C14H28/c1-4-6-8-9-10-11-13-14(3)12-7-5-2/h14H,1-2,4-13H2,3H3. The fourth-order valence-electron chi connectivity index (χ4n) is 1.84. The van der Waals surface area contributed by atoms with Gasteiger partial charge in [0, 0.05) is 0 Å². The average Bonchev–Trinajstić information content (AvgIpc) is 2.20. The Labute approximate surface area is 91.5 Å². The van der Waals surface area contributed by atoms with Gasteiger partial charge in [-0.15, -0.1) is 0 Å². The van der Waals surface area contributed by atoms with Gasteiger partial charge in [0.25, 0.3) is 0 Å². The number of hydrogen-bond donors (Lipinski definition) is 0. The summed E-state index contributed by atoms with van der Waals surface area (Å²) in [7, 11) is 0. The van der Waals surface area contributed by atoms with Crippen molar-refractivity contribution in [2.24, 2.45) is 5.92 Å². The van der Waals surface area contributed by atoms with E-state index in [-0.39, 0.29) is 0 Å². The van der Waals surface area contributed by atoms with E-state index in [4.69, 9.17) is 0 Å². The molecule has 0 aliphatic carbocycles. The molecule has 0 saturated heterocycles. The minimum absolute atomic E-state index is 0.921. The van der Waals surface area contributed by atoms with Crippen LogP contribution in [0.25, 0.3) is 0 Å². The molecule has 2 radical (unpaired) electrons. The smallest absolute Gasteiger partial charge is 0.0443 e. The zero-order valence-electron chi connectivity index (χ0n) is 10.1. The molecule has 0 spiro atoms. The van der Waals surface area contributed by atoms with Crippen LogP contribution < -0.4 is 0 Å². The first-order valence-electron chi connectivity index (χ1n) is 6.39. The molecule has 0 nitrogen and oxygen atoms in total. The second-order valence-corrected chi connectivity index (χ2v) is 4.51. The molecule has 0 N–H and O–H groups in total. The van der Waals surface area contributed by atoms with E-state index in [0.29, 0.717) is 0 Å². The molecule has 0 aliphatic rings. The lowest BCUT2D eigenvalue weighted by atomic mass is 9.97. The maximum Gasteiger partial charge on any atom is -0.0443 e. The molecule has 1 atom stereocenters. The van der Waals surface area contributed by atoms with Crippen LogP contribution in [0.5, 0.6) is 0 Å². The van der Waals surface area contributed by atoms with E-state index < -0.39 is 0 Å². The van der Waals surface area contributed by atoms with Crippen molar-refractivity contribution >= 4 is 0 Å². The third-order valence-corrected chi connectivity index (χ3v) is 2.89. The van der Waals surface area contributed by atoms with Crippen LogP contribution in [0.4, 0.5) is 0 Å². The van der Waals surface area contributed by atoms with Crippen LogP contribution >= 0.6 is 0 Å². The zero-order valence-corrected chi connectivity index (χ0v) is 10.1. The second-order valence-electron chi connectivity index (χ2n) is 4.51.